The fourth-order valence-corrected chi connectivity index (χ4v) is 10.1. The first-order chi connectivity index (χ1) is 18.7. The van der Waals surface area contributed by atoms with E-state index in [-0.39, 0.29) is 36.4 Å². The fraction of sp³-hybridized carbons (Fsp3) is 0.774. The maximum Gasteiger partial charge on any atom is 0.311 e. The molecule has 7 atom stereocenters. The molecule has 3 aliphatic heterocycles. The SMILES string of the molecule is C=CCCCOC(=O)[C@@H]1[C@H]2C(=O)N([C@@H](CO)[C@@H](C)CC)C(C(=O)N(CC=C)C3CCCCC3)C23CC[C@@]1(C)S3. The smallest absolute Gasteiger partial charge is 0.311 e. The molecule has 4 rings (SSSR count). The number of aliphatic hydroxyl groups is 1. The average molecular weight is 561 g/mol. The van der Waals surface area contributed by atoms with Gasteiger partial charge in [-0.15, -0.1) is 24.9 Å². The second-order valence-electron chi connectivity index (χ2n) is 12.3. The van der Waals surface area contributed by atoms with Gasteiger partial charge in [0.05, 0.1) is 35.8 Å². The largest absolute Gasteiger partial charge is 0.465 e. The van der Waals surface area contributed by atoms with Gasteiger partial charge in [-0.05, 0) is 51.4 Å². The molecule has 3 heterocycles. The number of likely N-dealkylation sites (tertiary alicyclic amines) is 1. The lowest BCUT2D eigenvalue weighted by atomic mass is 9.66. The minimum atomic E-state index is -0.714. The van der Waals surface area contributed by atoms with Gasteiger partial charge in [-0.1, -0.05) is 51.7 Å². The van der Waals surface area contributed by atoms with Crippen molar-refractivity contribution in [2.45, 2.75) is 113 Å². The third kappa shape index (κ3) is 5.20. The number of allylic oxidation sites excluding steroid dienone is 1. The molecule has 1 spiro atoms. The predicted molar refractivity (Wildman–Crippen MR) is 155 cm³/mol. The minimum Gasteiger partial charge on any atom is -0.465 e. The molecule has 2 amide bonds. The van der Waals surface area contributed by atoms with E-state index in [9.17, 15) is 19.5 Å². The van der Waals surface area contributed by atoms with Crippen molar-refractivity contribution < 1.29 is 24.2 Å². The molecule has 2 bridgehead atoms. The topological polar surface area (TPSA) is 87.1 Å². The average Bonchev–Trinajstić information content (AvgIpc) is 3.51. The summed E-state index contributed by atoms with van der Waals surface area (Å²) in [5.41, 5.74) is 0. The van der Waals surface area contributed by atoms with Crippen LogP contribution in [0.5, 0.6) is 0 Å². The Balaban J connectivity index is 1.75. The van der Waals surface area contributed by atoms with Gasteiger partial charge in [0.15, 0.2) is 0 Å². The van der Waals surface area contributed by atoms with E-state index in [0.717, 1.165) is 44.9 Å². The highest BCUT2D eigenvalue weighted by atomic mass is 32.2. The maximum atomic E-state index is 14.7. The van der Waals surface area contributed by atoms with Gasteiger partial charge in [0, 0.05) is 17.3 Å². The number of ether oxygens (including phenoxy) is 1. The van der Waals surface area contributed by atoms with E-state index < -0.39 is 33.4 Å². The number of thioether (sulfide) groups is 1. The lowest BCUT2D eigenvalue weighted by Gasteiger charge is -2.43. The van der Waals surface area contributed by atoms with Gasteiger partial charge in [0.25, 0.3) is 0 Å². The number of esters is 1. The molecular weight excluding hydrogens is 512 g/mol. The Kier molecular flexibility index (Phi) is 9.57. The highest BCUT2D eigenvalue weighted by Gasteiger charge is 2.78. The Morgan fingerprint density at radius 2 is 1.95 bits per heavy atom. The van der Waals surface area contributed by atoms with Gasteiger partial charge in [-0.2, -0.15) is 0 Å². The summed E-state index contributed by atoms with van der Waals surface area (Å²) in [7, 11) is 0. The number of carbonyl (C=O) groups is 3. The van der Waals surface area contributed by atoms with E-state index in [1.807, 2.05) is 18.7 Å². The molecule has 4 fully saturated rings. The van der Waals surface area contributed by atoms with Crippen LogP contribution in [0.15, 0.2) is 25.3 Å². The maximum absolute atomic E-state index is 14.7. The Labute approximate surface area is 238 Å². The van der Waals surface area contributed by atoms with Crippen molar-refractivity contribution in [1.82, 2.24) is 9.80 Å². The van der Waals surface area contributed by atoms with Crippen LogP contribution in [-0.2, 0) is 19.1 Å². The molecule has 8 heteroatoms. The Hall–Kier alpha value is -1.80. The quantitative estimate of drug-likeness (QED) is 0.199. The van der Waals surface area contributed by atoms with Crippen LogP contribution in [0, 0.1) is 17.8 Å². The third-order valence-corrected chi connectivity index (χ3v) is 12.0. The van der Waals surface area contributed by atoms with Gasteiger partial charge >= 0.3 is 5.97 Å². The van der Waals surface area contributed by atoms with Gasteiger partial charge in [0.2, 0.25) is 11.8 Å². The summed E-state index contributed by atoms with van der Waals surface area (Å²) in [5.74, 6) is -1.77. The molecule has 2 unspecified atom stereocenters. The van der Waals surface area contributed by atoms with E-state index in [1.54, 1.807) is 28.8 Å². The van der Waals surface area contributed by atoms with Crippen LogP contribution in [0.3, 0.4) is 0 Å². The number of hydrogen-bond acceptors (Lipinski definition) is 6. The summed E-state index contributed by atoms with van der Waals surface area (Å²) in [6.45, 7) is 14.3. The normalized spacial score (nSPS) is 33.5. The molecule has 1 saturated carbocycles. The minimum absolute atomic E-state index is 0.00843. The van der Waals surface area contributed by atoms with Crippen molar-refractivity contribution >= 4 is 29.5 Å². The van der Waals surface area contributed by atoms with Gasteiger partial charge < -0.3 is 19.6 Å². The number of unbranched alkanes of at least 4 members (excludes halogenated alkanes) is 1. The monoisotopic (exact) mass is 560 g/mol. The first-order valence-electron chi connectivity index (χ1n) is 15.0. The third-order valence-electron chi connectivity index (χ3n) is 9.97. The molecule has 0 aromatic heterocycles. The zero-order valence-corrected chi connectivity index (χ0v) is 24.9. The van der Waals surface area contributed by atoms with E-state index in [0.29, 0.717) is 26.0 Å². The summed E-state index contributed by atoms with van der Waals surface area (Å²) in [6, 6.07) is -1.07. The van der Waals surface area contributed by atoms with E-state index in [1.165, 1.54) is 6.42 Å². The number of fused-ring (bicyclic) bond motifs is 1. The highest BCUT2D eigenvalue weighted by Crippen LogP contribution is 2.72. The van der Waals surface area contributed by atoms with Crippen LogP contribution >= 0.6 is 11.8 Å². The van der Waals surface area contributed by atoms with E-state index in [4.69, 9.17) is 4.74 Å². The molecule has 39 heavy (non-hydrogen) atoms. The molecule has 7 nitrogen and oxygen atoms in total. The van der Waals surface area contributed by atoms with Gasteiger partial charge in [-0.3, -0.25) is 14.4 Å². The Morgan fingerprint density at radius 3 is 2.56 bits per heavy atom. The second kappa shape index (κ2) is 12.4. The van der Waals surface area contributed by atoms with Crippen LogP contribution < -0.4 is 0 Å². The van der Waals surface area contributed by atoms with Crippen molar-refractivity contribution in [2.24, 2.45) is 17.8 Å². The first kappa shape index (κ1) is 30.2. The predicted octanol–water partition coefficient (Wildman–Crippen LogP) is 4.73. The summed E-state index contributed by atoms with van der Waals surface area (Å²) >= 11 is 1.67. The number of rotatable bonds is 13. The molecule has 0 aromatic carbocycles. The van der Waals surface area contributed by atoms with Crippen molar-refractivity contribution in [3.63, 3.8) is 0 Å². The van der Waals surface area contributed by atoms with Crippen molar-refractivity contribution in [2.75, 3.05) is 19.8 Å². The number of carbonyl (C=O) groups excluding carboxylic acids is 3. The van der Waals surface area contributed by atoms with Crippen LogP contribution in [0.25, 0.3) is 0 Å². The molecule has 0 aromatic rings. The summed E-state index contributed by atoms with van der Waals surface area (Å²) in [4.78, 5) is 46.5. The zero-order valence-electron chi connectivity index (χ0n) is 24.1. The molecule has 218 valence electrons. The molecule has 1 N–H and O–H groups in total. The van der Waals surface area contributed by atoms with Crippen LogP contribution in [0.2, 0.25) is 0 Å². The summed E-state index contributed by atoms with van der Waals surface area (Å²) in [5, 5.41) is 10.6. The Bertz CT molecular complexity index is 951. The number of amides is 2. The molecular formula is C31H48N2O5S. The molecule has 3 saturated heterocycles. The lowest BCUT2D eigenvalue weighted by Crippen LogP contribution is -2.60. The van der Waals surface area contributed by atoms with Crippen molar-refractivity contribution in [3.05, 3.63) is 25.3 Å². The summed E-state index contributed by atoms with van der Waals surface area (Å²) in [6.07, 6.45) is 12.5. The molecule has 4 aliphatic rings. The number of aliphatic hydroxyl groups excluding tert-OH is 1. The molecule has 0 radical (unpaired) electrons. The fourth-order valence-electron chi connectivity index (χ4n) is 7.77. The van der Waals surface area contributed by atoms with Crippen LogP contribution in [0.1, 0.15) is 85.0 Å². The number of nitrogens with zero attached hydrogens (tertiary/aromatic N) is 2. The van der Waals surface area contributed by atoms with E-state index >= 15 is 0 Å². The Morgan fingerprint density at radius 1 is 1.23 bits per heavy atom. The molecule has 1 aliphatic carbocycles. The summed E-state index contributed by atoms with van der Waals surface area (Å²) < 4.78 is 4.57. The van der Waals surface area contributed by atoms with Crippen molar-refractivity contribution in [1.29, 1.82) is 0 Å². The second-order valence-corrected chi connectivity index (χ2v) is 14.2. The zero-order chi connectivity index (χ0) is 28.4. The van der Waals surface area contributed by atoms with Crippen LogP contribution in [0.4, 0.5) is 0 Å². The van der Waals surface area contributed by atoms with Gasteiger partial charge in [0.1, 0.15) is 6.04 Å². The van der Waals surface area contributed by atoms with Crippen molar-refractivity contribution in [3.8, 4) is 0 Å². The number of hydrogen-bond donors (Lipinski definition) is 1. The lowest BCUT2D eigenvalue weighted by molar-refractivity contribution is -0.156. The standard InChI is InChI=1S/C31H48N2O5S/c1-6-9-13-19-38-29(37)25-24-27(35)33(23(20-34)21(4)8-3)26(31(24)17-16-30(25,5)39-31)28(36)32(18-7-2)22-14-11-10-12-15-22/h6-7,21-26,34H,1-2,8-20H2,3-5H3/t21-,23-,24-,25-,26?,30+,31?/m0/s1. The van der Waals surface area contributed by atoms with E-state index in [2.05, 4.69) is 20.1 Å². The highest BCUT2D eigenvalue weighted by molar-refractivity contribution is 8.02. The van der Waals surface area contributed by atoms with Gasteiger partial charge in [-0.25, -0.2) is 0 Å². The first-order valence-corrected chi connectivity index (χ1v) is 15.8. The van der Waals surface area contributed by atoms with Crippen LogP contribution in [-0.4, -0.2) is 80.1 Å².